The first-order valence-corrected chi connectivity index (χ1v) is 10.4. The standard InChI is InChI=1S/C18H24IN5O3/c1-10-11(2)27-9-18(10)5-7-23(8-6-18)17-20-15-13(16(26)22(17)4)14(19)24(21-15)12(3)25/h10-11H,5-9H2,1-4H3/t10-,11+/m1/s1. The number of fused-ring (bicyclic) bond motifs is 1. The molecule has 0 unspecified atom stereocenters. The van der Waals surface area contributed by atoms with Gasteiger partial charge >= 0.3 is 0 Å². The topological polar surface area (TPSA) is 82.2 Å². The van der Waals surface area contributed by atoms with Crippen LogP contribution >= 0.6 is 22.6 Å². The van der Waals surface area contributed by atoms with Crippen molar-refractivity contribution in [2.45, 2.75) is 39.7 Å². The quantitative estimate of drug-likeness (QED) is 0.576. The number of hydrogen-bond acceptors (Lipinski definition) is 6. The van der Waals surface area contributed by atoms with Crippen molar-refractivity contribution < 1.29 is 9.53 Å². The van der Waals surface area contributed by atoms with Crippen molar-refractivity contribution in [3.8, 4) is 0 Å². The molecule has 0 aliphatic carbocycles. The molecule has 27 heavy (non-hydrogen) atoms. The Bertz CT molecular complexity index is 974. The molecule has 0 bridgehead atoms. The number of nitrogens with zero attached hydrogens (tertiary/aromatic N) is 5. The van der Waals surface area contributed by atoms with Crippen molar-refractivity contribution >= 4 is 45.5 Å². The van der Waals surface area contributed by atoms with Gasteiger partial charge in [0, 0.05) is 32.5 Å². The lowest BCUT2D eigenvalue weighted by Gasteiger charge is -2.42. The van der Waals surface area contributed by atoms with Crippen LogP contribution in [0.2, 0.25) is 0 Å². The second kappa shape index (κ2) is 6.54. The van der Waals surface area contributed by atoms with Crippen molar-refractivity contribution in [1.29, 1.82) is 0 Å². The van der Waals surface area contributed by atoms with Gasteiger partial charge in [-0.05, 0) is 48.3 Å². The lowest BCUT2D eigenvalue weighted by atomic mass is 9.70. The molecule has 0 amide bonds. The number of piperidine rings is 1. The van der Waals surface area contributed by atoms with Gasteiger partial charge in [-0.25, -0.2) is 0 Å². The normalized spacial score (nSPS) is 24.9. The summed E-state index contributed by atoms with van der Waals surface area (Å²) in [5, 5.41) is 4.65. The molecule has 4 rings (SSSR count). The van der Waals surface area contributed by atoms with E-state index in [0.717, 1.165) is 32.5 Å². The van der Waals surface area contributed by atoms with Gasteiger partial charge in [0.15, 0.2) is 5.65 Å². The summed E-state index contributed by atoms with van der Waals surface area (Å²) in [5.41, 5.74) is 0.391. The second-order valence-electron chi connectivity index (χ2n) is 7.85. The number of halogens is 1. The van der Waals surface area contributed by atoms with E-state index in [1.54, 1.807) is 11.6 Å². The van der Waals surface area contributed by atoms with Gasteiger partial charge in [0.1, 0.15) is 9.09 Å². The molecule has 0 radical (unpaired) electrons. The highest BCUT2D eigenvalue weighted by atomic mass is 127. The molecule has 2 aliphatic rings. The van der Waals surface area contributed by atoms with E-state index in [9.17, 15) is 9.59 Å². The molecule has 4 heterocycles. The molecule has 0 saturated carbocycles. The summed E-state index contributed by atoms with van der Waals surface area (Å²) in [6, 6.07) is 0. The van der Waals surface area contributed by atoms with Crippen LogP contribution in [0, 0.1) is 15.0 Å². The third kappa shape index (κ3) is 2.81. The number of rotatable bonds is 1. The highest BCUT2D eigenvalue weighted by molar-refractivity contribution is 14.1. The zero-order chi connectivity index (χ0) is 19.5. The molecular formula is C18H24IN5O3. The van der Waals surface area contributed by atoms with E-state index in [1.807, 2.05) is 22.6 Å². The van der Waals surface area contributed by atoms with E-state index in [0.29, 0.717) is 32.7 Å². The third-order valence-corrected chi connectivity index (χ3v) is 7.48. The predicted octanol–water partition coefficient (Wildman–Crippen LogP) is 2.04. The van der Waals surface area contributed by atoms with Crippen LogP contribution in [0.1, 0.15) is 38.4 Å². The van der Waals surface area contributed by atoms with Gasteiger partial charge in [0.2, 0.25) is 11.9 Å². The van der Waals surface area contributed by atoms with Gasteiger partial charge < -0.3 is 9.64 Å². The van der Waals surface area contributed by atoms with Gasteiger partial charge in [-0.1, -0.05) is 6.92 Å². The van der Waals surface area contributed by atoms with Crippen molar-refractivity contribution in [3.63, 3.8) is 0 Å². The van der Waals surface area contributed by atoms with Crippen LogP contribution in [0.5, 0.6) is 0 Å². The van der Waals surface area contributed by atoms with E-state index < -0.39 is 0 Å². The average molecular weight is 485 g/mol. The van der Waals surface area contributed by atoms with E-state index in [-0.39, 0.29) is 16.9 Å². The summed E-state index contributed by atoms with van der Waals surface area (Å²) < 4.78 is 9.23. The molecule has 1 spiro atoms. The van der Waals surface area contributed by atoms with Crippen LogP contribution in [0.3, 0.4) is 0 Å². The fourth-order valence-corrected chi connectivity index (χ4v) is 5.31. The second-order valence-corrected chi connectivity index (χ2v) is 8.87. The van der Waals surface area contributed by atoms with Crippen LogP contribution in [0.4, 0.5) is 5.95 Å². The van der Waals surface area contributed by atoms with Crippen LogP contribution < -0.4 is 10.5 Å². The van der Waals surface area contributed by atoms with Crippen molar-refractivity contribution in [3.05, 3.63) is 14.1 Å². The molecule has 2 aromatic rings. The van der Waals surface area contributed by atoms with Crippen LogP contribution in [0.25, 0.3) is 11.0 Å². The maximum atomic E-state index is 12.9. The maximum Gasteiger partial charge on any atom is 0.266 e. The molecule has 2 saturated heterocycles. The van der Waals surface area contributed by atoms with Crippen LogP contribution in [0.15, 0.2) is 4.79 Å². The van der Waals surface area contributed by atoms with Gasteiger partial charge in [-0.3, -0.25) is 14.2 Å². The lowest BCUT2D eigenvalue weighted by Crippen LogP contribution is -2.45. The largest absolute Gasteiger partial charge is 0.378 e. The molecule has 0 aromatic carbocycles. The van der Waals surface area contributed by atoms with E-state index >= 15 is 0 Å². The summed E-state index contributed by atoms with van der Waals surface area (Å²) in [5.74, 6) is 0.920. The monoisotopic (exact) mass is 485 g/mol. The Morgan fingerprint density at radius 1 is 1.30 bits per heavy atom. The summed E-state index contributed by atoms with van der Waals surface area (Å²) in [6.45, 7) is 8.33. The minimum absolute atomic E-state index is 0.168. The molecule has 2 fully saturated rings. The average Bonchev–Trinajstić information content (AvgIpc) is 3.12. The fraction of sp³-hybridized carbons (Fsp3) is 0.667. The van der Waals surface area contributed by atoms with Crippen LogP contribution in [-0.2, 0) is 11.8 Å². The zero-order valence-corrected chi connectivity index (χ0v) is 18.2. The summed E-state index contributed by atoms with van der Waals surface area (Å²) in [6.07, 6.45) is 2.34. The van der Waals surface area contributed by atoms with Gasteiger partial charge in [0.05, 0.1) is 12.7 Å². The van der Waals surface area contributed by atoms with Crippen molar-refractivity contribution in [2.75, 3.05) is 24.6 Å². The van der Waals surface area contributed by atoms with Gasteiger partial charge in [0.25, 0.3) is 5.56 Å². The fourth-order valence-electron chi connectivity index (χ4n) is 4.39. The highest BCUT2D eigenvalue weighted by Crippen LogP contribution is 2.46. The Morgan fingerprint density at radius 3 is 2.52 bits per heavy atom. The molecule has 2 atom stereocenters. The number of ether oxygens (including phenoxy) is 1. The first-order valence-electron chi connectivity index (χ1n) is 9.28. The minimum atomic E-state index is -0.231. The van der Waals surface area contributed by atoms with E-state index in [1.165, 1.54) is 11.6 Å². The smallest absolute Gasteiger partial charge is 0.266 e. The van der Waals surface area contributed by atoms with E-state index in [2.05, 4.69) is 28.8 Å². The molecule has 8 nitrogen and oxygen atoms in total. The molecule has 9 heteroatoms. The number of aromatic nitrogens is 4. The molecule has 2 aliphatic heterocycles. The molecule has 146 valence electrons. The van der Waals surface area contributed by atoms with Crippen LogP contribution in [-0.4, -0.2) is 51.0 Å². The first-order chi connectivity index (χ1) is 12.7. The Labute approximate surface area is 171 Å². The van der Waals surface area contributed by atoms with Crippen molar-refractivity contribution in [1.82, 2.24) is 19.3 Å². The highest BCUT2D eigenvalue weighted by Gasteiger charge is 2.47. The number of anilines is 1. The summed E-state index contributed by atoms with van der Waals surface area (Å²) >= 11 is 1.98. The minimum Gasteiger partial charge on any atom is -0.378 e. The lowest BCUT2D eigenvalue weighted by molar-refractivity contribution is 0.0918. The summed E-state index contributed by atoms with van der Waals surface area (Å²) in [7, 11) is 1.74. The number of hydrogen-bond donors (Lipinski definition) is 0. The van der Waals surface area contributed by atoms with E-state index in [4.69, 9.17) is 4.74 Å². The molecular weight excluding hydrogens is 461 g/mol. The summed E-state index contributed by atoms with van der Waals surface area (Å²) in [4.78, 5) is 31.5. The Kier molecular flexibility index (Phi) is 4.57. The van der Waals surface area contributed by atoms with Crippen molar-refractivity contribution in [2.24, 2.45) is 18.4 Å². The Hall–Kier alpha value is -1.49. The zero-order valence-electron chi connectivity index (χ0n) is 16.0. The maximum absolute atomic E-state index is 12.9. The SMILES string of the molecule is CC(=O)n1nc2nc(N3CCC4(CC3)CO[C@@H](C)[C@H]4C)n(C)c(=O)c2c1I. The number of carbonyl (C=O) groups excluding carboxylic acids is 1. The number of carbonyl (C=O) groups is 1. The Balaban J connectivity index is 1.68. The molecule has 2 aromatic heterocycles. The third-order valence-electron chi connectivity index (χ3n) is 6.48. The van der Waals surface area contributed by atoms with Gasteiger partial charge in [-0.15, -0.1) is 5.10 Å². The molecule has 0 N–H and O–H groups in total. The Morgan fingerprint density at radius 2 is 1.96 bits per heavy atom. The predicted molar refractivity (Wildman–Crippen MR) is 110 cm³/mol. The first kappa shape index (κ1) is 18.9. The van der Waals surface area contributed by atoms with Gasteiger partial charge in [-0.2, -0.15) is 9.67 Å².